The summed E-state index contributed by atoms with van der Waals surface area (Å²) in [6.07, 6.45) is 0. The second-order valence-corrected chi connectivity index (χ2v) is 5.05. The quantitative estimate of drug-likeness (QED) is 0.939. The first-order valence-corrected chi connectivity index (χ1v) is 6.86. The highest BCUT2D eigenvalue weighted by Gasteiger charge is 2.13. The normalized spacial score (nSPS) is 10.2. The Morgan fingerprint density at radius 3 is 2.33 bits per heavy atom. The van der Waals surface area contributed by atoms with Crippen LogP contribution in [0.4, 0.5) is 0 Å². The number of pyridine rings is 1. The number of aryl methyl sites for hydroxylation is 3. The van der Waals surface area contributed by atoms with E-state index in [1.807, 2.05) is 45.0 Å². The summed E-state index contributed by atoms with van der Waals surface area (Å²) in [5.41, 5.74) is 4.04. The van der Waals surface area contributed by atoms with Gasteiger partial charge in [0, 0.05) is 11.3 Å². The van der Waals surface area contributed by atoms with Gasteiger partial charge in [-0.1, -0.05) is 0 Å². The minimum Gasteiger partial charge on any atom is -0.493 e. The van der Waals surface area contributed by atoms with Gasteiger partial charge in [-0.05, 0) is 62.6 Å². The number of hydrogen-bond acceptors (Lipinski definition) is 3. The van der Waals surface area contributed by atoms with Crippen molar-refractivity contribution < 1.29 is 4.74 Å². The number of aromatic amines is 1. The van der Waals surface area contributed by atoms with Crippen molar-refractivity contribution in [2.45, 2.75) is 27.7 Å². The fraction of sp³-hybridized carbons (Fsp3) is 0.294. The number of hydrogen-bond donors (Lipinski definition) is 1. The van der Waals surface area contributed by atoms with Gasteiger partial charge in [0.15, 0.2) is 0 Å². The fourth-order valence-electron chi connectivity index (χ4n) is 2.51. The summed E-state index contributed by atoms with van der Waals surface area (Å²) in [6, 6.07) is 7.72. The Kier molecular flexibility index (Phi) is 4.13. The number of aromatic nitrogens is 1. The molecule has 1 heterocycles. The van der Waals surface area contributed by atoms with Crippen molar-refractivity contribution in [2.75, 3.05) is 6.61 Å². The molecular weight excluding hydrogens is 264 g/mol. The standard InChI is InChI=1S/C17H18N2O2/c1-5-21-16-10(2)6-13(7-11(16)3)14-8-12(4)19-17(20)15(14)9-18/h6-8H,5H2,1-4H3,(H,19,20). The molecule has 0 spiro atoms. The van der Waals surface area contributed by atoms with Crippen molar-refractivity contribution >= 4 is 0 Å². The highest BCUT2D eigenvalue weighted by molar-refractivity contribution is 5.72. The Bertz CT molecular complexity index is 759. The number of nitrogens with zero attached hydrogens (tertiary/aromatic N) is 1. The van der Waals surface area contributed by atoms with Crippen LogP contribution in [0, 0.1) is 32.1 Å². The smallest absolute Gasteiger partial charge is 0.266 e. The van der Waals surface area contributed by atoms with Crippen LogP contribution in [0.2, 0.25) is 0 Å². The Balaban J connectivity index is 2.69. The minimum absolute atomic E-state index is 0.142. The van der Waals surface area contributed by atoms with E-state index in [1.165, 1.54) is 0 Å². The van der Waals surface area contributed by atoms with Crippen LogP contribution in [0.3, 0.4) is 0 Å². The third kappa shape index (κ3) is 2.82. The van der Waals surface area contributed by atoms with Crippen molar-refractivity contribution in [3.8, 4) is 22.9 Å². The van der Waals surface area contributed by atoms with E-state index in [0.29, 0.717) is 12.2 Å². The fourth-order valence-corrected chi connectivity index (χ4v) is 2.51. The molecule has 0 atom stereocenters. The molecule has 0 unspecified atom stereocenters. The van der Waals surface area contributed by atoms with E-state index in [0.717, 1.165) is 28.1 Å². The van der Waals surface area contributed by atoms with Gasteiger partial charge >= 0.3 is 0 Å². The van der Waals surface area contributed by atoms with E-state index in [4.69, 9.17) is 4.74 Å². The molecule has 2 rings (SSSR count). The lowest BCUT2D eigenvalue weighted by Gasteiger charge is -2.14. The maximum Gasteiger partial charge on any atom is 0.266 e. The molecule has 1 aromatic carbocycles. The molecule has 1 aromatic heterocycles. The average molecular weight is 282 g/mol. The largest absolute Gasteiger partial charge is 0.493 e. The van der Waals surface area contributed by atoms with Crippen molar-refractivity contribution in [1.82, 2.24) is 4.98 Å². The number of nitrogens with one attached hydrogen (secondary N) is 1. The van der Waals surface area contributed by atoms with Gasteiger partial charge in [-0.2, -0.15) is 5.26 Å². The summed E-state index contributed by atoms with van der Waals surface area (Å²) >= 11 is 0. The average Bonchev–Trinajstić information content (AvgIpc) is 2.42. The Morgan fingerprint density at radius 1 is 1.19 bits per heavy atom. The molecule has 2 aromatic rings. The highest BCUT2D eigenvalue weighted by Crippen LogP contribution is 2.31. The molecule has 0 amide bonds. The predicted molar refractivity (Wildman–Crippen MR) is 82.6 cm³/mol. The molecule has 0 aliphatic rings. The molecule has 4 heteroatoms. The van der Waals surface area contributed by atoms with Crippen molar-refractivity contribution in [1.29, 1.82) is 5.26 Å². The summed E-state index contributed by atoms with van der Waals surface area (Å²) < 4.78 is 5.63. The van der Waals surface area contributed by atoms with Crippen LogP contribution in [-0.4, -0.2) is 11.6 Å². The van der Waals surface area contributed by atoms with Crippen LogP contribution in [0.15, 0.2) is 23.0 Å². The molecule has 0 saturated heterocycles. The molecular formula is C17H18N2O2. The molecule has 21 heavy (non-hydrogen) atoms. The summed E-state index contributed by atoms with van der Waals surface area (Å²) in [5, 5.41) is 9.23. The minimum atomic E-state index is -0.350. The van der Waals surface area contributed by atoms with Crippen LogP contribution in [0.1, 0.15) is 29.3 Å². The van der Waals surface area contributed by atoms with Gasteiger partial charge in [0.1, 0.15) is 17.4 Å². The highest BCUT2D eigenvalue weighted by atomic mass is 16.5. The second-order valence-electron chi connectivity index (χ2n) is 5.05. The van der Waals surface area contributed by atoms with Crippen LogP contribution in [-0.2, 0) is 0 Å². The molecule has 1 N–H and O–H groups in total. The zero-order valence-electron chi connectivity index (χ0n) is 12.7. The van der Waals surface area contributed by atoms with Crippen molar-refractivity contribution in [3.05, 3.63) is 50.9 Å². The van der Waals surface area contributed by atoms with Gasteiger partial charge in [-0.3, -0.25) is 4.79 Å². The Hall–Kier alpha value is -2.54. The van der Waals surface area contributed by atoms with E-state index in [1.54, 1.807) is 6.92 Å². The van der Waals surface area contributed by atoms with E-state index in [9.17, 15) is 10.1 Å². The summed E-state index contributed by atoms with van der Waals surface area (Å²) in [4.78, 5) is 14.6. The zero-order chi connectivity index (χ0) is 15.6. The third-order valence-electron chi connectivity index (χ3n) is 3.34. The van der Waals surface area contributed by atoms with E-state index >= 15 is 0 Å². The summed E-state index contributed by atoms with van der Waals surface area (Å²) in [7, 11) is 0. The first-order valence-electron chi connectivity index (χ1n) is 6.86. The molecule has 4 nitrogen and oxygen atoms in total. The molecule has 0 saturated carbocycles. The molecule has 0 bridgehead atoms. The van der Waals surface area contributed by atoms with Gasteiger partial charge in [0.2, 0.25) is 0 Å². The molecule has 0 fully saturated rings. The maximum absolute atomic E-state index is 11.9. The lowest BCUT2D eigenvalue weighted by Crippen LogP contribution is -2.12. The predicted octanol–water partition coefficient (Wildman–Crippen LogP) is 3.24. The van der Waals surface area contributed by atoms with Crippen LogP contribution in [0.5, 0.6) is 5.75 Å². The second kappa shape index (κ2) is 5.84. The van der Waals surface area contributed by atoms with E-state index in [2.05, 4.69) is 4.98 Å². The van der Waals surface area contributed by atoms with Gasteiger partial charge in [-0.25, -0.2) is 0 Å². The van der Waals surface area contributed by atoms with E-state index < -0.39 is 0 Å². The zero-order valence-corrected chi connectivity index (χ0v) is 12.7. The van der Waals surface area contributed by atoms with Crippen molar-refractivity contribution in [2.24, 2.45) is 0 Å². The monoisotopic (exact) mass is 282 g/mol. The van der Waals surface area contributed by atoms with Gasteiger partial charge < -0.3 is 9.72 Å². The molecule has 108 valence electrons. The van der Waals surface area contributed by atoms with Crippen LogP contribution >= 0.6 is 0 Å². The molecule has 0 radical (unpaired) electrons. The number of H-pyrrole nitrogens is 1. The lowest BCUT2D eigenvalue weighted by atomic mass is 9.97. The Morgan fingerprint density at radius 2 is 1.81 bits per heavy atom. The number of ether oxygens (including phenoxy) is 1. The number of benzene rings is 1. The third-order valence-corrected chi connectivity index (χ3v) is 3.34. The molecule has 0 aliphatic carbocycles. The van der Waals surface area contributed by atoms with Gasteiger partial charge in [0.25, 0.3) is 5.56 Å². The van der Waals surface area contributed by atoms with Gasteiger partial charge in [-0.15, -0.1) is 0 Å². The number of nitriles is 1. The maximum atomic E-state index is 11.9. The van der Waals surface area contributed by atoms with E-state index in [-0.39, 0.29) is 11.1 Å². The van der Waals surface area contributed by atoms with Crippen molar-refractivity contribution in [3.63, 3.8) is 0 Å². The first kappa shape index (κ1) is 14.9. The number of rotatable bonds is 3. The van der Waals surface area contributed by atoms with Crippen LogP contribution < -0.4 is 10.3 Å². The van der Waals surface area contributed by atoms with Crippen LogP contribution in [0.25, 0.3) is 11.1 Å². The first-order chi connectivity index (χ1) is 9.97. The topological polar surface area (TPSA) is 65.9 Å². The lowest BCUT2D eigenvalue weighted by molar-refractivity contribution is 0.335. The SMILES string of the molecule is CCOc1c(C)cc(-c2cc(C)[nH]c(=O)c2C#N)cc1C. The summed E-state index contributed by atoms with van der Waals surface area (Å²) in [6.45, 7) is 8.29. The van der Waals surface area contributed by atoms with Gasteiger partial charge in [0.05, 0.1) is 6.61 Å². The molecule has 0 aliphatic heterocycles. The Labute approximate surface area is 124 Å². The summed E-state index contributed by atoms with van der Waals surface area (Å²) in [5.74, 6) is 0.862.